The van der Waals surface area contributed by atoms with Crippen molar-refractivity contribution in [1.29, 1.82) is 5.26 Å². The van der Waals surface area contributed by atoms with Gasteiger partial charge >= 0.3 is 0 Å². The van der Waals surface area contributed by atoms with Gasteiger partial charge in [0, 0.05) is 12.6 Å². The highest BCUT2D eigenvalue weighted by Gasteiger charge is 2.15. The van der Waals surface area contributed by atoms with Gasteiger partial charge in [-0.3, -0.25) is 4.90 Å². The van der Waals surface area contributed by atoms with Gasteiger partial charge in [0.1, 0.15) is 0 Å². The summed E-state index contributed by atoms with van der Waals surface area (Å²) in [7, 11) is 0. The average Bonchev–Trinajstić information content (AvgIpc) is 2.33. The summed E-state index contributed by atoms with van der Waals surface area (Å²) in [4.78, 5) is 2.42. The highest BCUT2D eigenvalue weighted by Crippen LogP contribution is 2.13. The topological polar surface area (TPSA) is 53.0 Å². The standard InChI is InChI=1S/C13H17N3/c14-9-11-1-3-12(4-2-11)10-16-7-5-13(15)6-8-16/h1-4,13H,5-8,10,15H2. The second-order valence-corrected chi connectivity index (χ2v) is 4.42. The monoisotopic (exact) mass is 215 g/mol. The number of nitrogens with zero attached hydrogens (tertiary/aromatic N) is 2. The molecule has 1 heterocycles. The van der Waals surface area contributed by atoms with Crippen molar-refractivity contribution < 1.29 is 0 Å². The van der Waals surface area contributed by atoms with E-state index in [0.717, 1.165) is 38.0 Å². The van der Waals surface area contributed by atoms with Crippen LogP contribution in [0.3, 0.4) is 0 Å². The van der Waals surface area contributed by atoms with E-state index < -0.39 is 0 Å². The minimum absolute atomic E-state index is 0.386. The van der Waals surface area contributed by atoms with Crippen molar-refractivity contribution in [3.05, 3.63) is 35.4 Å². The van der Waals surface area contributed by atoms with Crippen LogP contribution in [0.25, 0.3) is 0 Å². The molecule has 1 aromatic carbocycles. The molecule has 0 unspecified atom stereocenters. The van der Waals surface area contributed by atoms with Crippen molar-refractivity contribution in [3.8, 4) is 6.07 Å². The molecule has 1 fully saturated rings. The number of rotatable bonds is 2. The molecular weight excluding hydrogens is 198 g/mol. The van der Waals surface area contributed by atoms with Crippen LogP contribution < -0.4 is 5.73 Å². The Morgan fingerprint density at radius 3 is 2.44 bits per heavy atom. The minimum Gasteiger partial charge on any atom is -0.328 e. The van der Waals surface area contributed by atoms with Gasteiger partial charge in [0.2, 0.25) is 0 Å². The first-order valence-corrected chi connectivity index (χ1v) is 5.75. The Morgan fingerprint density at radius 1 is 1.25 bits per heavy atom. The maximum absolute atomic E-state index is 8.70. The van der Waals surface area contributed by atoms with Gasteiger partial charge in [0.15, 0.2) is 0 Å². The molecule has 0 amide bonds. The van der Waals surface area contributed by atoms with Crippen LogP contribution in [0.4, 0.5) is 0 Å². The average molecular weight is 215 g/mol. The number of likely N-dealkylation sites (tertiary alicyclic amines) is 1. The third-order valence-corrected chi connectivity index (χ3v) is 3.12. The van der Waals surface area contributed by atoms with Crippen LogP contribution in [-0.4, -0.2) is 24.0 Å². The molecular formula is C13H17N3. The molecule has 2 rings (SSSR count). The van der Waals surface area contributed by atoms with Crippen molar-refractivity contribution in [2.24, 2.45) is 5.73 Å². The first-order valence-electron chi connectivity index (χ1n) is 5.75. The van der Waals surface area contributed by atoms with Crippen LogP contribution in [0, 0.1) is 11.3 Å². The number of benzene rings is 1. The van der Waals surface area contributed by atoms with Gasteiger partial charge in [0.25, 0.3) is 0 Å². The molecule has 16 heavy (non-hydrogen) atoms. The summed E-state index contributed by atoms with van der Waals surface area (Å²) in [6.45, 7) is 3.14. The van der Waals surface area contributed by atoms with Crippen molar-refractivity contribution >= 4 is 0 Å². The zero-order valence-electron chi connectivity index (χ0n) is 9.39. The van der Waals surface area contributed by atoms with Crippen LogP contribution in [0.15, 0.2) is 24.3 Å². The fourth-order valence-electron chi connectivity index (χ4n) is 2.05. The molecule has 1 aromatic rings. The molecule has 1 aliphatic rings. The zero-order valence-corrected chi connectivity index (χ0v) is 9.39. The molecule has 0 saturated carbocycles. The Bertz CT molecular complexity index is 369. The Morgan fingerprint density at radius 2 is 1.88 bits per heavy atom. The van der Waals surface area contributed by atoms with Gasteiger partial charge in [0.05, 0.1) is 11.6 Å². The van der Waals surface area contributed by atoms with Gasteiger partial charge in [-0.05, 0) is 43.6 Å². The van der Waals surface area contributed by atoms with E-state index in [1.165, 1.54) is 5.56 Å². The molecule has 3 heteroatoms. The highest BCUT2D eigenvalue weighted by atomic mass is 15.1. The van der Waals surface area contributed by atoms with E-state index >= 15 is 0 Å². The van der Waals surface area contributed by atoms with E-state index in [0.29, 0.717) is 6.04 Å². The van der Waals surface area contributed by atoms with E-state index in [1.54, 1.807) is 0 Å². The molecule has 0 radical (unpaired) electrons. The zero-order chi connectivity index (χ0) is 11.4. The van der Waals surface area contributed by atoms with E-state index in [-0.39, 0.29) is 0 Å². The highest BCUT2D eigenvalue weighted by molar-refractivity contribution is 5.31. The number of hydrogen-bond acceptors (Lipinski definition) is 3. The SMILES string of the molecule is N#Cc1ccc(CN2CCC(N)CC2)cc1. The molecule has 1 saturated heterocycles. The van der Waals surface area contributed by atoms with Gasteiger partial charge in [-0.15, -0.1) is 0 Å². The van der Waals surface area contributed by atoms with Crippen LogP contribution >= 0.6 is 0 Å². The second kappa shape index (κ2) is 5.11. The predicted octanol–water partition coefficient (Wildman–Crippen LogP) is 1.48. The molecule has 2 N–H and O–H groups in total. The third kappa shape index (κ3) is 2.82. The van der Waals surface area contributed by atoms with Gasteiger partial charge in [-0.2, -0.15) is 5.26 Å². The van der Waals surface area contributed by atoms with E-state index in [9.17, 15) is 0 Å². The van der Waals surface area contributed by atoms with Crippen molar-refractivity contribution in [1.82, 2.24) is 4.90 Å². The Balaban J connectivity index is 1.91. The van der Waals surface area contributed by atoms with Crippen LogP contribution in [0.1, 0.15) is 24.0 Å². The minimum atomic E-state index is 0.386. The molecule has 0 atom stereocenters. The molecule has 84 valence electrons. The number of hydrogen-bond donors (Lipinski definition) is 1. The maximum atomic E-state index is 8.70. The smallest absolute Gasteiger partial charge is 0.0991 e. The molecule has 0 aromatic heterocycles. The molecule has 1 aliphatic heterocycles. The summed E-state index contributed by atoms with van der Waals surface area (Å²) in [5.74, 6) is 0. The molecule has 0 aliphatic carbocycles. The van der Waals surface area contributed by atoms with E-state index in [2.05, 4.69) is 11.0 Å². The summed E-state index contributed by atoms with van der Waals surface area (Å²) in [5.41, 5.74) is 7.86. The fraction of sp³-hybridized carbons (Fsp3) is 0.462. The Kier molecular flexibility index (Phi) is 3.55. The summed E-state index contributed by atoms with van der Waals surface area (Å²) in [6, 6.07) is 10.3. The lowest BCUT2D eigenvalue weighted by molar-refractivity contribution is 0.205. The fourth-order valence-corrected chi connectivity index (χ4v) is 2.05. The van der Waals surface area contributed by atoms with Gasteiger partial charge in [-0.1, -0.05) is 12.1 Å². The largest absolute Gasteiger partial charge is 0.328 e. The van der Waals surface area contributed by atoms with Crippen LogP contribution in [0.5, 0.6) is 0 Å². The number of piperidine rings is 1. The quantitative estimate of drug-likeness (QED) is 0.813. The summed E-state index contributed by atoms with van der Waals surface area (Å²) in [6.07, 6.45) is 2.19. The van der Waals surface area contributed by atoms with Gasteiger partial charge in [-0.25, -0.2) is 0 Å². The summed E-state index contributed by atoms with van der Waals surface area (Å²) >= 11 is 0. The van der Waals surface area contributed by atoms with E-state index in [1.807, 2.05) is 24.3 Å². The predicted molar refractivity (Wildman–Crippen MR) is 63.6 cm³/mol. The lowest BCUT2D eigenvalue weighted by Crippen LogP contribution is -2.39. The second-order valence-electron chi connectivity index (χ2n) is 4.42. The molecule has 0 spiro atoms. The van der Waals surface area contributed by atoms with E-state index in [4.69, 9.17) is 11.0 Å². The first kappa shape index (κ1) is 11.1. The van der Waals surface area contributed by atoms with Crippen LogP contribution in [-0.2, 0) is 6.54 Å². The first-order chi connectivity index (χ1) is 7.78. The maximum Gasteiger partial charge on any atom is 0.0991 e. The Hall–Kier alpha value is -1.37. The lowest BCUT2D eigenvalue weighted by Gasteiger charge is -2.30. The number of nitriles is 1. The number of nitrogens with two attached hydrogens (primary N) is 1. The van der Waals surface area contributed by atoms with Crippen molar-refractivity contribution in [3.63, 3.8) is 0 Å². The van der Waals surface area contributed by atoms with Crippen LogP contribution in [0.2, 0.25) is 0 Å². The van der Waals surface area contributed by atoms with Crippen molar-refractivity contribution in [2.45, 2.75) is 25.4 Å². The molecule has 3 nitrogen and oxygen atoms in total. The summed E-state index contributed by atoms with van der Waals surface area (Å²) < 4.78 is 0. The lowest BCUT2D eigenvalue weighted by atomic mass is 10.0. The van der Waals surface area contributed by atoms with Crippen molar-refractivity contribution in [2.75, 3.05) is 13.1 Å². The Labute approximate surface area is 96.5 Å². The normalized spacial score (nSPS) is 18.2. The third-order valence-electron chi connectivity index (χ3n) is 3.12. The van der Waals surface area contributed by atoms with Gasteiger partial charge < -0.3 is 5.73 Å². The summed E-state index contributed by atoms with van der Waals surface area (Å²) in [5, 5.41) is 8.70. The molecule has 0 bridgehead atoms.